The van der Waals surface area contributed by atoms with Crippen molar-refractivity contribution in [3.8, 4) is 0 Å². The molecule has 0 aromatic heterocycles. The summed E-state index contributed by atoms with van der Waals surface area (Å²) in [7, 11) is 0. The minimum Gasteiger partial charge on any atom is -0.358 e. The molecule has 0 saturated heterocycles. The third-order valence-corrected chi connectivity index (χ3v) is 2.55. The predicted octanol–water partition coefficient (Wildman–Crippen LogP) is 10.0. The first-order valence-electron chi connectivity index (χ1n) is 6.82. The fraction of sp³-hybridized carbons (Fsp3) is 0.214. The fourth-order valence-corrected chi connectivity index (χ4v) is 1.45. The van der Waals surface area contributed by atoms with Gasteiger partial charge in [0.15, 0.2) is 0 Å². The third kappa shape index (κ3) is 42.1. The number of rotatable bonds is 0. The molecule has 0 aliphatic carbocycles. The van der Waals surface area contributed by atoms with Gasteiger partial charge in [-0.1, -0.05) is 138 Å². The van der Waals surface area contributed by atoms with Crippen LogP contribution in [0.2, 0.25) is 0 Å². The molecule has 0 aliphatic heterocycles. The average Bonchev–Trinajstić information content (AvgIpc) is 2.52. The predicted molar refractivity (Wildman–Crippen MR) is 141 cm³/mol. The Balaban J connectivity index is -0.0000000215. The van der Waals surface area contributed by atoms with Crippen LogP contribution in [0.1, 0.15) is 40.8 Å². The quantitative estimate of drug-likeness (QED) is 0.239. The zero-order valence-corrected chi connectivity index (χ0v) is 23.1. The second-order valence-corrected chi connectivity index (χ2v) is 4.46. The summed E-state index contributed by atoms with van der Waals surface area (Å²) in [6.07, 6.45) is 0. The van der Waals surface area contributed by atoms with Gasteiger partial charge in [-0.05, 0) is 13.8 Å². The largest absolute Gasteiger partial charge is 0.358 e. The van der Waals surface area contributed by atoms with Crippen LogP contribution in [0.4, 0.5) is 0 Å². The second-order valence-electron chi connectivity index (χ2n) is 4.46. The molecule has 0 bridgehead atoms. The van der Waals surface area contributed by atoms with E-state index in [0.717, 1.165) is 0 Å². The monoisotopic (exact) mass is 564 g/mol. The van der Waals surface area contributed by atoms with Gasteiger partial charge in [-0.3, -0.25) is 0 Å². The normalized spacial score (nSPS) is 5.67. The van der Waals surface area contributed by atoms with E-state index in [4.69, 9.17) is 0 Å². The topological polar surface area (TPSA) is 0 Å². The zero-order valence-electron chi connectivity index (χ0n) is 17.4. The van der Waals surface area contributed by atoms with Crippen molar-refractivity contribution in [3.05, 3.63) is 138 Å². The molecule has 0 heterocycles. The molecule has 0 saturated carbocycles. The van der Waals surface area contributed by atoms with Crippen molar-refractivity contribution in [1.82, 2.24) is 0 Å². The van der Waals surface area contributed by atoms with Crippen LogP contribution in [0.3, 0.4) is 0 Å². The van der Waals surface area contributed by atoms with E-state index in [1.165, 1.54) is 11.1 Å². The molecule has 30 heavy (non-hydrogen) atoms. The van der Waals surface area contributed by atoms with Crippen molar-refractivity contribution in [2.24, 2.45) is 0 Å². The molecule has 3 aromatic rings. The van der Waals surface area contributed by atoms with Crippen LogP contribution in [0, 0.1) is 43.6 Å². The van der Waals surface area contributed by atoms with Gasteiger partial charge in [0.2, 0.25) is 0 Å². The molecule has 0 unspecified atom stereocenters. The van der Waals surface area contributed by atoms with Crippen LogP contribution < -0.4 is 0 Å². The van der Waals surface area contributed by atoms with E-state index < -0.39 is 0 Å². The van der Waals surface area contributed by atoms with Gasteiger partial charge in [0, 0.05) is 65.4 Å². The van der Waals surface area contributed by atoms with Crippen LogP contribution in [0.5, 0.6) is 0 Å². The summed E-state index contributed by atoms with van der Waals surface area (Å²) in [5, 5.41) is 0. The number of benzene rings is 3. The minimum absolute atomic E-state index is 0. The van der Waals surface area contributed by atoms with Gasteiger partial charge in [-0.25, -0.2) is 0 Å². The maximum absolute atomic E-state index is 2.08. The van der Waals surface area contributed by atoms with Crippen LogP contribution in [-0.4, -0.2) is 0 Å². The summed E-state index contributed by atoms with van der Waals surface area (Å²) in [6.45, 7) is 4.17. The molecule has 3 rings (SSSR count). The van der Waals surface area contributed by atoms with Gasteiger partial charge in [0.25, 0.3) is 0 Å². The average molecular weight is 565 g/mol. The molecule has 2 radical (unpaired) electrons. The van der Waals surface area contributed by atoms with Crippen molar-refractivity contribution in [3.63, 3.8) is 0 Å². The Bertz CT molecular complexity index is 473. The van der Waals surface area contributed by atoms with Crippen molar-refractivity contribution in [2.75, 3.05) is 0 Å². The van der Waals surface area contributed by atoms with E-state index in [2.05, 4.69) is 38.1 Å². The van der Waals surface area contributed by atoms with Crippen LogP contribution in [0.25, 0.3) is 0 Å². The fourth-order valence-electron chi connectivity index (χ4n) is 1.45. The maximum atomic E-state index is 2.08. The first kappa shape index (κ1) is 63.1. The summed E-state index contributed by atoms with van der Waals surface area (Å²) in [6, 6.07) is 32.5. The molecule has 0 nitrogen and oxygen atoms in total. The zero-order chi connectivity index (χ0) is 14.5. The smallest absolute Gasteiger partial charge is 0 e. The first-order chi connectivity index (χ1) is 9.79. The van der Waals surface area contributed by atoms with Crippen LogP contribution in [-0.2, 0) is 65.4 Å². The van der Waals surface area contributed by atoms with Gasteiger partial charge in [0.05, 0.1) is 0 Å². The van der Waals surface area contributed by atoms with Gasteiger partial charge >= 0.3 is 0 Å². The van der Waals surface area contributed by atoms with E-state index in [0.29, 0.717) is 0 Å². The molecule has 172 valence electrons. The van der Waals surface area contributed by atoms with E-state index in [9.17, 15) is 0 Å². The molecule has 0 spiro atoms. The van der Waals surface area contributed by atoms with Crippen LogP contribution in [0.15, 0.2) is 97.1 Å². The Kier molecular flexibility index (Phi) is 98.5. The van der Waals surface area contributed by atoms with Crippen molar-refractivity contribution >= 4 is 0 Å². The summed E-state index contributed by atoms with van der Waals surface area (Å²) < 4.78 is 0. The van der Waals surface area contributed by atoms with Gasteiger partial charge in [-0.15, -0.1) is 0 Å². The molecule has 0 fully saturated rings. The van der Waals surface area contributed by atoms with Gasteiger partial charge in [-0.2, -0.15) is 0 Å². The van der Waals surface area contributed by atoms with E-state index in [-0.39, 0.29) is 125 Å². The SMILES string of the molecule is C.C.C.C.Cc1ccccc1.Cc1ccccc1.[CH3-].[CH3-].[CH3-].[CH3-].[Y].[Y].c1ccccc1. The molecule has 0 amide bonds. The van der Waals surface area contributed by atoms with E-state index >= 15 is 0 Å². The number of hydrogen-bond donors (Lipinski definition) is 0. The van der Waals surface area contributed by atoms with Gasteiger partial charge < -0.3 is 29.7 Å². The summed E-state index contributed by atoms with van der Waals surface area (Å²) >= 11 is 0. The Morgan fingerprint density at radius 1 is 0.333 bits per heavy atom. The standard InChI is InChI=1S/2C7H8.C6H6.4CH4.4CH3.2Y/c2*1-7-5-3-2-4-6-7;1-2-4-6-5-3-1;;;;;;;;;;/h2*2-6H,1H3;1-6H;4*1H4;4*1H3;;/q;;;;;;;4*-1;;. The first-order valence-corrected chi connectivity index (χ1v) is 6.82. The van der Waals surface area contributed by atoms with Crippen molar-refractivity contribution in [1.29, 1.82) is 0 Å². The Labute approximate surface area is 244 Å². The van der Waals surface area contributed by atoms with E-state index in [1.54, 1.807) is 0 Å². The molecule has 0 aliphatic rings. The maximum Gasteiger partial charge on any atom is 0 e. The molecule has 0 N–H and O–H groups in total. The summed E-state index contributed by atoms with van der Waals surface area (Å²) in [5.41, 5.74) is 2.64. The molecule has 0 atom stereocenters. The van der Waals surface area contributed by atoms with Crippen molar-refractivity contribution in [2.45, 2.75) is 43.6 Å². The summed E-state index contributed by atoms with van der Waals surface area (Å²) in [4.78, 5) is 0. The molecule has 2 heteroatoms. The van der Waals surface area contributed by atoms with Gasteiger partial charge in [0.1, 0.15) is 0 Å². The number of hydrogen-bond acceptors (Lipinski definition) is 0. The summed E-state index contributed by atoms with van der Waals surface area (Å²) in [5.74, 6) is 0. The second kappa shape index (κ2) is 46.9. The molecular formula is C28H50Y2-4. The third-order valence-electron chi connectivity index (χ3n) is 2.55. The Morgan fingerprint density at radius 3 is 0.567 bits per heavy atom. The van der Waals surface area contributed by atoms with E-state index in [1.807, 2.05) is 72.8 Å². The van der Waals surface area contributed by atoms with Crippen molar-refractivity contribution < 1.29 is 65.4 Å². The number of aryl methyl sites for hydroxylation is 2. The van der Waals surface area contributed by atoms with Crippen LogP contribution >= 0.6 is 0 Å². The molecule has 3 aromatic carbocycles. The molecular weight excluding hydrogens is 514 g/mol. The minimum atomic E-state index is 0. The Morgan fingerprint density at radius 2 is 0.467 bits per heavy atom. The Hall–Kier alpha value is -0.132.